The Balaban J connectivity index is 2.50. The zero-order valence-electron chi connectivity index (χ0n) is 8.19. The van der Waals surface area contributed by atoms with E-state index in [1.807, 2.05) is 37.1 Å². The van der Waals surface area contributed by atoms with Crippen molar-refractivity contribution in [2.45, 2.75) is 6.92 Å². The molecule has 2 aromatic rings. The maximum atomic E-state index is 5.39. The number of fused-ring (bicyclic) bond motifs is 1. The van der Waals surface area contributed by atoms with Crippen LogP contribution in [0.4, 0.5) is 5.69 Å². The van der Waals surface area contributed by atoms with Gasteiger partial charge < -0.3 is 9.32 Å². The first-order valence-corrected chi connectivity index (χ1v) is 5.03. The Kier molecular flexibility index (Phi) is 2.37. The number of thiol groups is 1. The van der Waals surface area contributed by atoms with E-state index >= 15 is 0 Å². The van der Waals surface area contributed by atoms with Crippen LogP contribution in [0.3, 0.4) is 0 Å². The minimum absolute atomic E-state index is 0.683. The van der Waals surface area contributed by atoms with Crippen LogP contribution in [0.2, 0.25) is 0 Å². The van der Waals surface area contributed by atoms with Crippen molar-refractivity contribution in [1.29, 1.82) is 0 Å². The summed E-state index contributed by atoms with van der Waals surface area (Å²) in [4.78, 5) is 6.31. The first-order chi connectivity index (χ1) is 6.70. The summed E-state index contributed by atoms with van der Waals surface area (Å²) in [7, 11) is 1.99. The van der Waals surface area contributed by atoms with Crippen molar-refractivity contribution in [2.24, 2.45) is 0 Å². The number of nitrogens with zero attached hydrogens (tertiary/aromatic N) is 2. The van der Waals surface area contributed by atoms with Crippen molar-refractivity contribution in [2.75, 3.05) is 17.8 Å². The number of aromatic nitrogens is 1. The molecule has 0 saturated heterocycles. The van der Waals surface area contributed by atoms with E-state index in [-0.39, 0.29) is 0 Å². The Morgan fingerprint density at radius 2 is 2.29 bits per heavy atom. The van der Waals surface area contributed by atoms with E-state index in [1.54, 1.807) is 0 Å². The van der Waals surface area contributed by atoms with Crippen LogP contribution < -0.4 is 4.90 Å². The third-order valence-electron chi connectivity index (χ3n) is 2.13. The van der Waals surface area contributed by atoms with E-state index in [0.717, 1.165) is 16.8 Å². The molecule has 1 heterocycles. The van der Waals surface area contributed by atoms with E-state index in [4.69, 9.17) is 4.42 Å². The van der Waals surface area contributed by atoms with Gasteiger partial charge in [0.25, 0.3) is 0 Å². The average Bonchev–Trinajstić information content (AvgIpc) is 2.55. The Hall–Kier alpha value is -1.16. The van der Waals surface area contributed by atoms with Crippen molar-refractivity contribution < 1.29 is 4.42 Å². The predicted molar refractivity (Wildman–Crippen MR) is 61.0 cm³/mol. The molecule has 74 valence electrons. The van der Waals surface area contributed by atoms with Crippen LogP contribution in [0, 0.1) is 6.92 Å². The second-order valence-corrected chi connectivity index (χ2v) is 3.51. The molecule has 1 aromatic carbocycles. The van der Waals surface area contributed by atoms with Crippen LogP contribution >= 0.6 is 12.6 Å². The summed E-state index contributed by atoms with van der Waals surface area (Å²) in [6.45, 7) is 1.85. The van der Waals surface area contributed by atoms with Crippen molar-refractivity contribution >= 4 is 29.4 Å². The molecule has 0 N–H and O–H groups in total. The number of hydrogen-bond acceptors (Lipinski definition) is 4. The smallest absolute Gasteiger partial charge is 0.192 e. The number of benzene rings is 1. The number of rotatable bonds is 2. The van der Waals surface area contributed by atoms with Gasteiger partial charge in [0, 0.05) is 19.7 Å². The summed E-state index contributed by atoms with van der Waals surface area (Å²) < 4.78 is 5.39. The Labute approximate surface area is 88.1 Å². The Morgan fingerprint density at radius 3 is 3.00 bits per heavy atom. The molecular weight excluding hydrogens is 196 g/mol. The topological polar surface area (TPSA) is 29.3 Å². The fourth-order valence-corrected chi connectivity index (χ4v) is 1.51. The van der Waals surface area contributed by atoms with E-state index in [0.29, 0.717) is 11.8 Å². The average molecular weight is 208 g/mol. The summed E-state index contributed by atoms with van der Waals surface area (Å²) in [6.07, 6.45) is 0. The minimum atomic E-state index is 0.683. The molecule has 0 spiro atoms. The maximum Gasteiger partial charge on any atom is 0.192 e. The third-order valence-corrected chi connectivity index (χ3v) is 2.56. The molecule has 0 aliphatic carbocycles. The highest BCUT2D eigenvalue weighted by atomic mass is 32.1. The molecule has 0 saturated carbocycles. The van der Waals surface area contributed by atoms with Crippen LogP contribution in [0.15, 0.2) is 22.6 Å². The van der Waals surface area contributed by atoms with E-state index in [9.17, 15) is 0 Å². The zero-order chi connectivity index (χ0) is 10.1. The highest BCUT2D eigenvalue weighted by Crippen LogP contribution is 2.21. The van der Waals surface area contributed by atoms with Gasteiger partial charge in [0.2, 0.25) is 0 Å². The van der Waals surface area contributed by atoms with Gasteiger partial charge in [0.15, 0.2) is 11.5 Å². The summed E-state index contributed by atoms with van der Waals surface area (Å²) in [5, 5.41) is 0. The molecule has 4 heteroatoms. The lowest BCUT2D eigenvalue weighted by Crippen LogP contribution is -2.13. The van der Waals surface area contributed by atoms with Crippen molar-refractivity contribution in [1.82, 2.24) is 4.98 Å². The van der Waals surface area contributed by atoms with Gasteiger partial charge in [0.1, 0.15) is 5.52 Å². The molecule has 0 fully saturated rings. The number of hydrogen-bond donors (Lipinski definition) is 1. The number of aryl methyl sites for hydroxylation is 1. The van der Waals surface area contributed by atoms with Gasteiger partial charge in [-0.25, -0.2) is 4.98 Å². The molecule has 0 atom stereocenters. The van der Waals surface area contributed by atoms with Crippen molar-refractivity contribution in [3.05, 3.63) is 24.1 Å². The van der Waals surface area contributed by atoms with Gasteiger partial charge in [-0.15, -0.1) is 0 Å². The number of anilines is 1. The lowest BCUT2D eigenvalue weighted by molar-refractivity contribution is 0.561. The van der Waals surface area contributed by atoms with E-state index in [1.165, 1.54) is 0 Å². The number of oxazole rings is 1. The summed E-state index contributed by atoms with van der Waals surface area (Å²) in [5.41, 5.74) is 2.83. The summed E-state index contributed by atoms with van der Waals surface area (Å²) >= 11 is 4.21. The molecule has 0 aliphatic heterocycles. The van der Waals surface area contributed by atoms with Gasteiger partial charge >= 0.3 is 0 Å². The molecule has 0 amide bonds. The third kappa shape index (κ3) is 1.57. The highest BCUT2D eigenvalue weighted by molar-refractivity contribution is 7.80. The molecule has 3 nitrogen and oxygen atoms in total. The van der Waals surface area contributed by atoms with Crippen molar-refractivity contribution in [3.8, 4) is 0 Å². The molecule has 0 unspecified atom stereocenters. The molecular formula is C10H12N2OS. The molecule has 1 aromatic heterocycles. The normalized spacial score (nSPS) is 10.8. The van der Waals surface area contributed by atoms with Crippen LogP contribution in [0.25, 0.3) is 11.1 Å². The minimum Gasteiger partial charge on any atom is -0.441 e. The predicted octanol–water partition coefficient (Wildman–Crippen LogP) is 2.46. The fraction of sp³-hybridized carbons (Fsp3) is 0.300. The van der Waals surface area contributed by atoms with E-state index < -0.39 is 0 Å². The first kappa shape index (κ1) is 9.40. The van der Waals surface area contributed by atoms with Gasteiger partial charge in [-0.05, 0) is 18.2 Å². The fourth-order valence-electron chi connectivity index (χ4n) is 1.35. The Morgan fingerprint density at radius 1 is 1.50 bits per heavy atom. The van der Waals surface area contributed by atoms with Gasteiger partial charge in [-0.2, -0.15) is 12.6 Å². The lowest BCUT2D eigenvalue weighted by Gasteiger charge is -2.15. The first-order valence-electron chi connectivity index (χ1n) is 4.40. The van der Waals surface area contributed by atoms with Crippen LogP contribution in [-0.4, -0.2) is 17.9 Å². The SMILES string of the molecule is Cc1nc2cc(N(C)CS)ccc2o1. The van der Waals surface area contributed by atoms with Gasteiger partial charge in [-0.1, -0.05) is 0 Å². The Bertz CT molecular complexity index is 452. The van der Waals surface area contributed by atoms with Gasteiger partial charge in [0.05, 0.1) is 5.88 Å². The summed E-state index contributed by atoms with van der Waals surface area (Å²) in [6, 6.07) is 5.94. The summed E-state index contributed by atoms with van der Waals surface area (Å²) in [5.74, 6) is 1.38. The largest absolute Gasteiger partial charge is 0.441 e. The monoisotopic (exact) mass is 208 g/mol. The standard InChI is InChI=1S/C10H12N2OS/c1-7-11-9-5-8(12(2)6-14)3-4-10(9)13-7/h3-5,14H,6H2,1-2H3. The van der Waals surface area contributed by atoms with Crippen molar-refractivity contribution in [3.63, 3.8) is 0 Å². The second kappa shape index (κ2) is 3.53. The highest BCUT2D eigenvalue weighted by Gasteiger charge is 2.04. The van der Waals surface area contributed by atoms with Crippen LogP contribution in [-0.2, 0) is 0 Å². The molecule has 0 aliphatic rings. The quantitative estimate of drug-likeness (QED) is 0.607. The lowest BCUT2D eigenvalue weighted by atomic mass is 10.3. The molecule has 0 bridgehead atoms. The van der Waals surface area contributed by atoms with E-state index in [2.05, 4.69) is 17.6 Å². The maximum absolute atomic E-state index is 5.39. The zero-order valence-corrected chi connectivity index (χ0v) is 9.08. The molecule has 2 rings (SSSR count). The van der Waals surface area contributed by atoms with Gasteiger partial charge in [-0.3, -0.25) is 0 Å². The second-order valence-electron chi connectivity index (χ2n) is 3.22. The molecule has 0 radical (unpaired) electrons. The molecule has 14 heavy (non-hydrogen) atoms. The van der Waals surface area contributed by atoms with Crippen LogP contribution in [0.1, 0.15) is 5.89 Å². The van der Waals surface area contributed by atoms with Crippen LogP contribution in [0.5, 0.6) is 0 Å².